The van der Waals surface area contributed by atoms with Crippen LogP contribution >= 0.6 is 11.6 Å². The third-order valence-electron chi connectivity index (χ3n) is 3.61. The topological polar surface area (TPSA) is 45.1 Å². The first-order valence-corrected chi connectivity index (χ1v) is 7.66. The van der Waals surface area contributed by atoms with E-state index in [-0.39, 0.29) is 11.6 Å². The lowest BCUT2D eigenvalue weighted by Crippen LogP contribution is -2.36. The van der Waals surface area contributed by atoms with Crippen molar-refractivity contribution in [3.05, 3.63) is 52.8 Å². The highest BCUT2D eigenvalue weighted by atomic mass is 35.5. The molecule has 1 saturated heterocycles. The third-order valence-corrected chi connectivity index (χ3v) is 3.85. The Hall–Kier alpha value is -2.11. The van der Waals surface area contributed by atoms with Crippen LogP contribution in [-0.2, 0) is 4.74 Å². The molecule has 0 amide bonds. The molecule has 0 atom stereocenters. The van der Waals surface area contributed by atoms with Crippen LogP contribution in [0.1, 0.15) is 5.56 Å². The van der Waals surface area contributed by atoms with Gasteiger partial charge in [0.05, 0.1) is 18.9 Å². The maximum absolute atomic E-state index is 14.3. The highest BCUT2D eigenvalue weighted by Crippen LogP contribution is 2.29. The molecule has 0 unspecified atom stereocenters. The Labute approximate surface area is 138 Å². The number of nitrogens with zero attached hydrogens (tertiary/aromatic N) is 2. The van der Waals surface area contributed by atoms with Gasteiger partial charge in [0.1, 0.15) is 17.3 Å². The van der Waals surface area contributed by atoms with E-state index in [9.17, 15) is 9.50 Å². The molecular weight excluding hydrogens is 319 g/mol. The Morgan fingerprint density at radius 2 is 1.96 bits per heavy atom. The van der Waals surface area contributed by atoms with E-state index in [1.807, 2.05) is 4.90 Å². The molecule has 2 aromatic rings. The summed E-state index contributed by atoms with van der Waals surface area (Å²) < 4.78 is 19.6. The molecule has 23 heavy (non-hydrogen) atoms. The summed E-state index contributed by atoms with van der Waals surface area (Å²) in [6.07, 6.45) is 1.51. The molecule has 6 heteroatoms. The SMILES string of the molecule is Oc1cc(Cl)ccc1N=Cc1ccc(N2CCOCC2)c(F)c1. The quantitative estimate of drug-likeness (QED) is 0.869. The van der Waals surface area contributed by atoms with Crippen LogP contribution in [0.15, 0.2) is 41.4 Å². The van der Waals surface area contributed by atoms with E-state index in [1.165, 1.54) is 18.3 Å². The first-order valence-electron chi connectivity index (χ1n) is 7.28. The van der Waals surface area contributed by atoms with Crippen LogP contribution < -0.4 is 4.90 Å². The van der Waals surface area contributed by atoms with E-state index in [0.29, 0.717) is 48.3 Å². The van der Waals surface area contributed by atoms with Crippen molar-refractivity contribution in [1.82, 2.24) is 0 Å². The highest BCUT2D eigenvalue weighted by molar-refractivity contribution is 6.30. The minimum absolute atomic E-state index is 0.0147. The average molecular weight is 335 g/mol. The van der Waals surface area contributed by atoms with E-state index in [0.717, 1.165) is 0 Å². The van der Waals surface area contributed by atoms with Crippen molar-refractivity contribution in [3.63, 3.8) is 0 Å². The van der Waals surface area contributed by atoms with E-state index in [2.05, 4.69) is 4.99 Å². The summed E-state index contributed by atoms with van der Waals surface area (Å²) in [5.74, 6) is -0.310. The predicted octanol–water partition coefficient (Wildman–Crippen LogP) is 3.77. The Balaban J connectivity index is 1.78. The molecule has 3 rings (SSSR count). The number of aliphatic imine (C=N–C) groups is 1. The lowest BCUT2D eigenvalue weighted by Gasteiger charge is -2.29. The summed E-state index contributed by atoms with van der Waals surface area (Å²) in [4.78, 5) is 6.13. The molecule has 1 aliphatic heterocycles. The second kappa shape index (κ2) is 6.98. The van der Waals surface area contributed by atoms with Crippen molar-refractivity contribution < 1.29 is 14.2 Å². The van der Waals surface area contributed by atoms with Crippen LogP contribution in [0.3, 0.4) is 0 Å². The lowest BCUT2D eigenvalue weighted by atomic mass is 10.2. The van der Waals surface area contributed by atoms with Crippen molar-refractivity contribution in [2.24, 2.45) is 4.99 Å². The second-order valence-electron chi connectivity index (χ2n) is 5.20. The van der Waals surface area contributed by atoms with Crippen molar-refractivity contribution in [2.75, 3.05) is 31.2 Å². The van der Waals surface area contributed by atoms with Crippen LogP contribution in [0.2, 0.25) is 5.02 Å². The zero-order chi connectivity index (χ0) is 16.2. The molecule has 0 aliphatic carbocycles. The van der Waals surface area contributed by atoms with Crippen LogP contribution in [-0.4, -0.2) is 37.6 Å². The Morgan fingerprint density at radius 1 is 1.17 bits per heavy atom. The van der Waals surface area contributed by atoms with Gasteiger partial charge in [-0.2, -0.15) is 0 Å². The molecule has 1 aliphatic rings. The molecule has 0 bridgehead atoms. The largest absolute Gasteiger partial charge is 0.506 e. The molecule has 1 heterocycles. The zero-order valence-electron chi connectivity index (χ0n) is 12.4. The number of phenols is 1. The van der Waals surface area contributed by atoms with Gasteiger partial charge in [0.15, 0.2) is 0 Å². The lowest BCUT2D eigenvalue weighted by molar-refractivity contribution is 0.122. The number of anilines is 1. The number of aromatic hydroxyl groups is 1. The van der Waals surface area contributed by atoms with Gasteiger partial charge in [-0.15, -0.1) is 0 Å². The molecule has 2 aromatic carbocycles. The first-order chi connectivity index (χ1) is 11.1. The minimum atomic E-state index is -0.295. The molecule has 1 fully saturated rings. The fraction of sp³-hybridized carbons (Fsp3) is 0.235. The average Bonchev–Trinajstić information content (AvgIpc) is 2.55. The smallest absolute Gasteiger partial charge is 0.147 e. The van der Waals surface area contributed by atoms with Crippen molar-refractivity contribution in [2.45, 2.75) is 0 Å². The van der Waals surface area contributed by atoms with Gasteiger partial charge < -0.3 is 14.7 Å². The van der Waals surface area contributed by atoms with Crippen molar-refractivity contribution in [1.29, 1.82) is 0 Å². The van der Waals surface area contributed by atoms with Crippen molar-refractivity contribution in [3.8, 4) is 5.75 Å². The molecule has 0 spiro atoms. The summed E-state index contributed by atoms with van der Waals surface area (Å²) >= 11 is 5.77. The second-order valence-corrected chi connectivity index (χ2v) is 5.64. The van der Waals surface area contributed by atoms with Crippen LogP contribution in [0.25, 0.3) is 0 Å². The van der Waals surface area contributed by atoms with Crippen LogP contribution in [0, 0.1) is 5.82 Å². The van der Waals surface area contributed by atoms with Gasteiger partial charge in [0, 0.05) is 30.4 Å². The van der Waals surface area contributed by atoms with Gasteiger partial charge in [-0.05, 0) is 29.8 Å². The van der Waals surface area contributed by atoms with Gasteiger partial charge >= 0.3 is 0 Å². The molecule has 0 saturated carbocycles. The Bertz CT molecular complexity index is 731. The minimum Gasteiger partial charge on any atom is -0.506 e. The van der Waals surface area contributed by atoms with Gasteiger partial charge in [0.2, 0.25) is 0 Å². The monoisotopic (exact) mass is 334 g/mol. The maximum Gasteiger partial charge on any atom is 0.147 e. The van der Waals surface area contributed by atoms with E-state index in [1.54, 1.807) is 24.3 Å². The van der Waals surface area contributed by atoms with Gasteiger partial charge in [0.25, 0.3) is 0 Å². The van der Waals surface area contributed by atoms with Gasteiger partial charge in [-0.1, -0.05) is 17.7 Å². The van der Waals surface area contributed by atoms with Gasteiger partial charge in [-0.3, -0.25) is 4.99 Å². The first kappa shape index (κ1) is 15.8. The van der Waals surface area contributed by atoms with E-state index in [4.69, 9.17) is 16.3 Å². The predicted molar refractivity (Wildman–Crippen MR) is 89.8 cm³/mol. The molecule has 0 radical (unpaired) electrons. The fourth-order valence-electron chi connectivity index (χ4n) is 2.41. The molecule has 4 nitrogen and oxygen atoms in total. The third kappa shape index (κ3) is 3.81. The molecular formula is C17H16ClFN2O2. The summed E-state index contributed by atoms with van der Waals surface area (Å²) in [5.41, 5.74) is 1.57. The van der Waals surface area contributed by atoms with Crippen LogP contribution in [0.5, 0.6) is 5.75 Å². The highest BCUT2D eigenvalue weighted by Gasteiger charge is 2.14. The van der Waals surface area contributed by atoms with Crippen LogP contribution in [0.4, 0.5) is 15.8 Å². The summed E-state index contributed by atoms with van der Waals surface area (Å²) in [5, 5.41) is 10.2. The van der Waals surface area contributed by atoms with Gasteiger partial charge in [-0.25, -0.2) is 4.39 Å². The summed E-state index contributed by atoms with van der Waals surface area (Å²) in [7, 11) is 0. The summed E-state index contributed by atoms with van der Waals surface area (Å²) in [6.45, 7) is 2.59. The molecule has 1 N–H and O–H groups in total. The number of hydrogen-bond acceptors (Lipinski definition) is 4. The number of phenolic OH excluding ortho intramolecular Hbond substituents is 1. The fourth-order valence-corrected chi connectivity index (χ4v) is 2.58. The summed E-state index contributed by atoms with van der Waals surface area (Å²) in [6, 6.07) is 9.62. The maximum atomic E-state index is 14.3. The Morgan fingerprint density at radius 3 is 2.65 bits per heavy atom. The standard InChI is InChI=1S/C17H16ClFN2O2/c18-13-2-3-15(17(22)10-13)20-11-12-1-4-16(14(19)9-12)21-5-7-23-8-6-21/h1-4,9-11,22H,5-8H2. The normalized spacial score (nSPS) is 15.3. The van der Waals surface area contributed by atoms with Crippen molar-refractivity contribution >= 4 is 29.2 Å². The number of ether oxygens (including phenoxy) is 1. The zero-order valence-corrected chi connectivity index (χ0v) is 13.1. The molecule has 120 valence electrons. The number of hydrogen-bond donors (Lipinski definition) is 1. The van der Waals surface area contributed by atoms with E-state index < -0.39 is 0 Å². The Kier molecular flexibility index (Phi) is 4.79. The number of rotatable bonds is 3. The number of benzene rings is 2. The molecule has 0 aromatic heterocycles. The number of halogens is 2. The number of morpholine rings is 1. The van der Waals surface area contributed by atoms with E-state index >= 15 is 0 Å².